The van der Waals surface area contributed by atoms with Gasteiger partial charge in [-0.05, 0) is 96.9 Å². The highest BCUT2D eigenvalue weighted by Gasteiger charge is 2.21. The van der Waals surface area contributed by atoms with E-state index in [9.17, 15) is 24.0 Å². The van der Waals surface area contributed by atoms with Gasteiger partial charge in [0.05, 0.1) is 165 Å². The number of hydrogen-bond donors (Lipinski definition) is 10. The molecule has 0 aliphatic carbocycles. The predicted molar refractivity (Wildman–Crippen MR) is 368 cm³/mol. The van der Waals surface area contributed by atoms with Crippen LogP contribution in [0.25, 0.3) is 0 Å². The van der Waals surface area contributed by atoms with E-state index in [0.717, 1.165) is 32.1 Å². The lowest BCUT2D eigenvalue weighted by Crippen LogP contribution is -2.50. The fraction of sp³-hybridized carbons (Fsp3) is 0.922. The van der Waals surface area contributed by atoms with Crippen LogP contribution in [0.3, 0.4) is 0 Å². The fourth-order valence-electron chi connectivity index (χ4n) is 8.21. The van der Waals surface area contributed by atoms with Crippen molar-refractivity contribution >= 4 is 29.5 Å². The van der Waals surface area contributed by atoms with Gasteiger partial charge < -0.3 is 126 Å². The first kappa shape index (κ1) is 93.4. The molecule has 0 aromatic carbocycles. The van der Waals surface area contributed by atoms with Gasteiger partial charge in [-0.2, -0.15) is 0 Å². The number of carbonyl (C=O) groups is 5. The topological polar surface area (TPSA) is 424 Å². The van der Waals surface area contributed by atoms with Crippen LogP contribution in [-0.4, -0.2) is 367 Å². The van der Waals surface area contributed by atoms with Gasteiger partial charge in [0.25, 0.3) is 0 Å². The van der Waals surface area contributed by atoms with Gasteiger partial charge in [0.15, 0.2) is 0 Å². The van der Waals surface area contributed by atoms with Crippen LogP contribution in [0.15, 0.2) is 0 Å². The lowest BCUT2D eigenvalue weighted by atomic mass is 10.3. The highest BCUT2D eigenvalue weighted by molar-refractivity contribution is 5.82. The summed E-state index contributed by atoms with van der Waals surface area (Å²) in [6.45, 7) is 18.4. The molecule has 33 nitrogen and oxygen atoms in total. The maximum atomic E-state index is 13.7. The smallest absolute Gasteiger partial charge is 0.234 e. The van der Waals surface area contributed by atoms with Crippen molar-refractivity contribution in [2.45, 2.75) is 64.2 Å². The minimum Gasteiger partial charge on any atom is -0.379 e. The second kappa shape index (κ2) is 78.2. The third-order valence-electron chi connectivity index (χ3n) is 13.4. The summed E-state index contributed by atoms with van der Waals surface area (Å²) in [5.41, 5.74) is 27.5. The molecule has 574 valence electrons. The molecule has 97 heavy (non-hydrogen) atoms. The highest BCUT2D eigenvalue weighted by atomic mass is 16.6. The summed E-state index contributed by atoms with van der Waals surface area (Å²) in [6, 6.07) is 0. The zero-order valence-electron chi connectivity index (χ0n) is 59.1. The molecule has 0 radical (unpaired) electrons. The Labute approximate surface area is 579 Å². The summed E-state index contributed by atoms with van der Waals surface area (Å²) in [5.74, 6) is -1.48. The molecule has 0 saturated heterocycles. The van der Waals surface area contributed by atoms with E-state index in [1.54, 1.807) is 9.80 Å². The molecular weight excluding hydrogens is 1270 g/mol. The minimum atomic E-state index is -0.301. The number of amides is 5. The monoisotopic (exact) mass is 1400 g/mol. The van der Waals surface area contributed by atoms with Crippen molar-refractivity contribution in [3.05, 3.63) is 0 Å². The molecular formula is C64H133N13O20. The molecule has 0 fully saturated rings. The lowest BCUT2D eigenvalue weighted by molar-refractivity contribution is -0.126. The third kappa shape index (κ3) is 73.5. The summed E-state index contributed by atoms with van der Waals surface area (Å²) in [4.78, 5) is 73.3. The largest absolute Gasteiger partial charge is 0.379 e. The summed E-state index contributed by atoms with van der Waals surface area (Å²) in [7, 11) is 0. The Kier molecular flexibility index (Phi) is 75.3. The van der Waals surface area contributed by atoms with Crippen molar-refractivity contribution in [3.8, 4) is 0 Å². The number of rotatable bonds is 81. The molecule has 0 unspecified atom stereocenters. The molecule has 0 aromatic rings. The predicted octanol–water partition coefficient (Wildman–Crippen LogP) is -3.58. The number of nitrogens with two attached hydrogens (primary N) is 5. The first-order chi connectivity index (χ1) is 47.7. The first-order valence-corrected chi connectivity index (χ1v) is 35.4. The van der Waals surface area contributed by atoms with Gasteiger partial charge in [0.2, 0.25) is 29.5 Å². The van der Waals surface area contributed by atoms with E-state index in [-0.39, 0.29) is 88.4 Å². The molecule has 15 N–H and O–H groups in total. The maximum Gasteiger partial charge on any atom is 0.234 e. The van der Waals surface area contributed by atoms with E-state index < -0.39 is 0 Å². The summed E-state index contributed by atoms with van der Waals surface area (Å²) in [5, 5.41) is 14.8. The van der Waals surface area contributed by atoms with Crippen molar-refractivity contribution in [1.82, 2.24) is 41.3 Å². The van der Waals surface area contributed by atoms with E-state index in [0.29, 0.717) is 296 Å². The molecule has 0 aliphatic heterocycles. The Morgan fingerprint density at radius 3 is 0.495 bits per heavy atom. The molecule has 33 heteroatoms. The Morgan fingerprint density at radius 2 is 0.330 bits per heavy atom. The number of carbonyl (C=O) groups excluding carboxylic acids is 5. The molecule has 0 saturated carbocycles. The van der Waals surface area contributed by atoms with Gasteiger partial charge in [-0.25, -0.2) is 0 Å². The van der Waals surface area contributed by atoms with Crippen LogP contribution >= 0.6 is 0 Å². The van der Waals surface area contributed by atoms with Gasteiger partial charge in [-0.15, -0.1) is 0 Å². The van der Waals surface area contributed by atoms with E-state index in [2.05, 4.69) is 26.6 Å². The van der Waals surface area contributed by atoms with Gasteiger partial charge >= 0.3 is 0 Å². The van der Waals surface area contributed by atoms with E-state index >= 15 is 0 Å². The molecule has 0 bridgehead atoms. The third-order valence-corrected chi connectivity index (χ3v) is 13.4. The molecule has 0 rings (SSSR count). The maximum absolute atomic E-state index is 13.7. The van der Waals surface area contributed by atoms with Crippen LogP contribution < -0.4 is 55.3 Å². The summed E-state index contributed by atoms with van der Waals surface area (Å²) in [6.07, 6.45) is 6.70. The van der Waals surface area contributed by atoms with Crippen molar-refractivity contribution in [3.63, 3.8) is 0 Å². The van der Waals surface area contributed by atoms with Crippen LogP contribution in [0.1, 0.15) is 64.2 Å². The van der Waals surface area contributed by atoms with E-state index in [1.165, 1.54) is 0 Å². The highest BCUT2D eigenvalue weighted by Crippen LogP contribution is 2.00. The minimum absolute atomic E-state index is 0.0665. The normalized spacial score (nSPS) is 11.6. The first-order valence-electron chi connectivity index (χ1n) is 35.4. The van der Waals surface area contributed by atoms with Crippen LogP contribution in [0, 0.1) is 0 Å². The van der Waals surface area contributed by atoms with Crippen molar-refractivity contribution in [2.24, 2.45) is 28.7 Å². The molecule has 5 amide bonds. The molecule has 0 spiro atoms. The second-order valence-electron chi connectivity index (χ2n) is 22.1. The van der Waals surface area contributed by atoms with Crippen LogP contribution in [0.2, 0.25) is 0 Å². The Bertz CT molecular complexity index is 1540. The molecule has 0 atom stereocenters. The zero-order valence-corrected chi connectivity index (χ0v) is 59.1. The standard InChI is InChI=1S/C64H133N13O20/c65-11-1-25-83-35-45-93-50-40-88-30-6-16-70-60(78)55-75(21-23-76(56-61(79)71-17-7-31-89-41-51-94-46-36-84-26-2-12-66)57-62(80)72-18-8-32-90-42-52-95-47-37-85-27-3-13-67)22-24-77(58-63(81)73-19-9-33-91-43-53-96-48-38-86-28-4-14-68)59-64(82)74-20-10-34-92-44-54-97-49-39-87-29-5-15-69/h1-59,65-69H2,(H,70,78)(H,71,79)(H,72,80)(H,73,81)(H,74,82). The molecule has 0 heterocycles. The summed E-state index contributed by atoms with van der Waals surface area (Å²) >= 11 is 0. The number of hydrogen-bond acceptors (Lipinski definition) is 28. The number of ether oxygens (including phenoxy) is 15. The van der Waals surface area contributed by atoms with Crippen molar-refractivity contribution in [2.75, 3.05) is 323 Å². The quantitative estimate of drug-likeness (QED) is 0.0263. The van der Waals surface area contributed by atoms with E-state index in [1.807, 2.05) is 4.90 Å². The average Bonchev–Trinajstić information content (AvgIpc) is 1.81. The van der Waals surface area contributed by atoms with E-state index in [4.69, 9.17) is 99.7 Å². The average molecular weight is 1400 g/mol. The SMILES string of the molecule is NCCCOCCOCCOCCCNC(=O)CN(CCN(CC(=O)NCCCOCCOCCOCCCN)CC(=O)NCCCOCCOCCOCCCN)CCN(CC(=O)NCCCOCCOCCOCCCN)CC(=O)NCCCOCCOCCOCCCN. The van der Waals surface area contributed by atoms with Crippen LogP contribution in [0.4, 0.5) is 0 Å². The summed E-state index contributed by atoms with van der Waals surface area (Å²) < 4.78 is 83.6. The van der Waals surface area contributed by atoms with Gasteiger partial charge in [-0.3, -0.25) is 38.7 Å². The second-order valence-corrected chi connectivity index (χ2v) is 22.1. The van der Waals surface area contributed by atoms with Gasteiger partial charge in [0.1, 0.15) is 0 Å². The molecule has 0 aromatic heterocycles. The number of nitrogens with zero attached hydrogens (tertiary/aromatic N) is 3. The molecule has 0 aliphatic rings. The van der Waals surface area contributed by atoms with Crippen molar-refractivity contribution < 1.29 is 95.0 Å². The Balaban J connectivity index is 6.11. The van der Waals surface area contributed by atoms with Gasteiger partial charge in [0, 0.05) is 125 Å². The Hall–Kier alpha value is -3.57. The lowest BCUT2D eigenvalue weighted by Gasteiger charge is -2.29. The fourth-order valence-corrected chi connectivity index (χ4v) is 8.21. The number of nitrogens with one attached hydrogen (secondary N) is 5. The van der Waals surface area contributed by atoms with Crippen LogP contribution in [0.5, 0.6) is 0 Å². The van der Waals surface area contributed by atoms with Crippen molar-refractivity contribution in [1.29, 1.82) is 0 Å². The van der Waals surface area contributed by atoms with Crippen LogP contribution in [-0.2, 0) is 95.0 Å². The Morgan fingerprint density at radius 1 is 0.196 bits per heavy atom. The zero-order chi connectivity index (χ0) is 70.5. The van der Waals surface area contributed by atoms with Gasteiger partial charge in [-0.1, -0.05) is 0 Å².